The van der Waals surface area contributed by atoms with Crippen LogP contribution in [0, 0.1) is 17.7 Å². The molecule has 1 aliphatic rings. The number of nitrogens with zero attached hydrogens (tertiary/aromatic N) is 1. The zero-order valence-corrected chi connectivity index (χ0v) is 16.0. The van der Waals surface area contributed by atoms with Crippen LogP contribution in [0.5, 0.6) is 0 Å². The van der Waals surface area contributed by atoms with Crippen molar-refractivity contribution in [1.82, 2.24) is 10.2 Å². The number of amides is 2. The maximum Gasteiger partial charge on any atom is 0.247 e. The fraction of sp³-hybridized carbons (Fsp3) is 0.524. The Kier molecular flexibility index (Phi) is 6.95. The van der Waals surface area contributed by atoms with Crippen LogP contribution in [0.25, 0.3) is 6.08 Å². The molecule has 142 valence electrons. The average Bonchev–Trinajstić information content (AvgIpc) is 2.54. The molecule has 2 atom stereocenters. The standard InChI is InChI=1S/C21H29FN2O2/c1-14(2)10-18-13-24(19(11-15(3)4)21(26)23-18)20(25)9-8-16-6-5-7-17(22)12-16/h5-9,12,14-15,18-19H,10-11,13H2,1-4H3,(H,23,26)/b9-8+/t18-,19-/m0/s1. The van der Waals surface area contributed by atoms with Crippen LogP contribution < -0.4 is 5.32 Å². The first kappa shape index (κ1) is 20.1. The first-order valence-electron chi connectivity index (χ1n) is 9.31. The summed E-state index contributed by atoms with van der Waals surface area (Å²) in [5.74, 6) is 0.106. The summed E-state index contributed by atoms with van der Waals surface area (Å²) in [6.07, 6.45) is 4.49. The molecule has 1 N–H and O–H groups in total. The van der Waals surface area contributed by atoms with Crippen molar-refractivity contribution in [2.45, 2.75) is 52.6 Å². The summed E-state index contributed by atoms with van der Waals surface area (Å²) < 4.78 is 13.3. The van der Waals surface area contributed by atoms with Crippen LogP contribution in [0.4, 0.5) is 4.39 Å². The molecule has 1 aromatic carbocycles. The highest BCUT2D eigenvalue weighted by Gasteiger charge is 2.36. The molecule has 1 heterocycles. The molecule has 2 amide bonds. The lowest BCUT2D eigenvalue weighted by atomic mass is 9.95. The summed E-state index contributed by atoms with van der Waals surface area (Å²) in [7, 11) is 0. The second-order valence-corrected chi connectivity index (χ2v) is 7.86. The third kappa shape index (κ3) is 5.68. The Morgan fingerprint density at radius 3 is 2.58 bits per heavy atom. The van der Waals surface area contributed by atoms with Crippen molar-refractivity contribution >= 4 is 17.9 Å². The summed E-state index contributed by atoms with van der Waals surface area (Å²) in [5, 5.41) is 3.06. The topological polar surface area (TPSA) is 49.4 Å². The quantitative estimate of drug-likeness (QED) is 0.788. The zero-order valence-electron chi connectivity index (χ0n) is 16.0. The average molecular weight is 360 g/mol. The van der Waals surface area contributed by atoms with E-state index in [1.165, 1.54) is 18.2 Å². The van der Waals surface area contributed by atoms with E-state index >= 15 is 0 Å². The maximum atomic E-state index is 13.3. The van der Waals surface area contributed by atoms with Crippen LogP contribution in [0.1, 0.15) is 46.1 Å². The number of hydrogen-bond donors (Lipinski definition) is 1. The lowest BCUT2D eigenvalue weighted by molar-refractivity contribution is -0.142. The van der Waals surface area contributed by atoms with Crippen LogP contribution >= 0.6 is 0 Å². The van der Waals surface area contributed by atoms with Crippen LogP contribution in [-0.4, -0.2) is 35.3 Å². The molecule has 4 nitrogen and oxygen atoms in total. The highest BCUT2D eigenvalue weighted by Crippen LogP contribution is 2.20. The molecule has 1 fully saturated rings. The largest absolute Gasteiger partial charge is 0.350 e. The lowest BCUT2D eigenvalue weighted by Crippen LogP contribution is -2.61. The van der Waals surface area contributed by atoms with E-state index in [-0.39, 0.29) is 23.7 Å². The highest BCUT2D eigenvalue weighted by molar-refractivity contribution is 5.96. The molecule has 2 rings (SSSR count). The number of piperazine rings is 1. The van der Waals surface area contributed by atoms with Crippen LogP contribution in [0.3, 0.4) is 0 Å². The maximum absolute atomic E-state index is 13.3. The monoisotopic (exact) mass is 360 g/mol. The lowest BCUT2D eigenvalue weighted by Gasteiger charge is -2.40. The summed E-state index contributed by atoms with van der Waals surface area (Å²) in [5.41, 5.74) is 0.624. The Bertz CT molecular complexity index is 670. The molecule has 0 bridgehead atoms. The summed E-state index contributed by atoms with van der Waals surface area (Å²) in [6, 6.07) is 5.60. The van der Waals surface area contributed by atoms with E-state index in [0.29, 0.717) is 30.4 Å². The number of hydrogen-bond acceptors (Lipinski definition) is 2. The molecule has 1 aromatic rings. The molecule has 0 saturated carbocycles. The predicted octanol–water partition coefficient (Wildman–Crippen LogP) is 3.63. The Hall–Kier alpha value is -2.17. The minimum atomic E-state index is -0.455. The van der Waals surface area contributed by atoms with Gasteiger partial charge in [0.25, 0.3) is 0 Å². The van der Waals surface area contributed by atoms with Crippen molar-refractivity contribution in [3.63, 3.8) is 0 Å². The van der Waals surface area contributed by atoms with Crippen molar-refractivity contribution in [3.05, 3.63) is 41.7 Å². The van der Waals surface area contributed by atoms with E-state index < -0.39 is 6.04 Å². The van der Waals surface area contributed by atoms with Gasteiger partial charge in [0.1, 0.15) is 11.9 Å². The molecule has 0 aromatic heterocycles. The second kappa shape index (κ2) is 8.97. The molecule has 0 spiro atoms. The van der Waals surface area contributed by atoms with Gasteiger partial charge in [-0.2, -0.15) is 0 Å². The molecule has 0 aliphatic carbocycles. The van der Waals surface area contributed by atoms with E-state index in [2.05, 4.69) is 19.2 Å². The number of carbonyl (C=O) groups is 2. The van der Waals surface area contributed by atoms with Crippen LogP contribution in [0.15, 0.2) is 30.3 Å². The summed E-state index contributed by atoms with van der Waals surface area (Å²) >= 11 is 0. The minimum Gasteiger partial charge on any atom is -0.350 e. The fourth-order valence-electron chi connectivity index (χ4n) is 3.35. The number of benzene rings is 1. The van der Waals surface area contributed by atoms with Gasteiger partial charge in [-0.3, -0.25) is 9.59 Å². The Balaban J connectivity index is 2.18. The number of nitrogens with one attached hydrogen (secondary N) is 1. The SMILES string of the molecule is CC(C)C[C@H]1CN(C(=O)/C=C/c2cccc(F)c2)[C@@H](CC(C)C)C(=O)N1. The molecule has 5 heteroatoms. The van der Waals surface area contributed by atoms with Crippen molar-refractivity contribution in [2.24, 2.45) is 11.8 Å². The van der Waals surface area contributed by atoms with Crippen molar-refractivity contribution in [2.75, 3.05) is 6.54 Å². The molecule has 0 radical (unpaired) electrons. The van der Waals surface area contributed by atoms with Gasteiger partial charge < -0.3 is 10.2 Å². The third-order valence-corrected chi connectivity index (χ3v) is 4.44. The van der Waals surface area contributed by atoms with Crippen molar-refractivity contribution in [1.29, 1.82) is 0 Å². The van der Waals surface area contributed by atoms with E-state index in [9.17, 15) is 14.0 Å². The van der Waals surface area contributed by atoms with Gasteiger partial charge in [0.05, 0.1) is 0 Å². The van der Waals surface area contributed by atoms with Crippen LogP contribution in [-0.2, 0) is 9.59 Å². The van der Waals surface area contributed by atoms with Gasteiger partial charge in [0.2, 0.25) is 11.8 Å². The Morgan fingerprint density at radius 2 is 1.96 bits per heavy atom. The molecule has 1 aliphatic heterocycles. The molecule has 26 heavy (non-hydrogen) atoms. The first-order valence-corrected chi connectivity index (χ1v) is 9.31. The third-order valence-electron chi connectivity index (χ3n) is 4.44. The zero-order chi connectivity index (χ0) is 19.3. The van der Waals surface area contributed by atoms with Crippen LogP contribution in [0.2, 0.25) is 0 Å². The van der Waals surface area contributed by atoms with Gasteiger partial charge in [0, 0.05) is 18.7 Å². The van der Waals surface area contributed by atoms with Gasteiger partial charge in [-0.25, -0.2) is 4.39 Å². The van der Waals surface area contributed by atoms with Crippen molar-refractivity contribution < 1.29 is 14.0 Å². The van der Waals surface area contributed by atoms with E-state index in [0.717, 1.165) is 6.42 Å². The number of halogens is 1. The molecular formula is C21H29FN2O2. The van der Waals surface area contributed by atoms with Gasteiger partial charge in [-0.05, 0) is 48.4 Å². The first-order chi connectivity index (χ1) is 12.3. The van der Waals surface area contributed by atoms with E-state index in [1.54, 1.807) is 23.1 Å². The van der Waals surface area contributed by atoms with E-state index in [4.69, 9.17) is 0 Å². The number of rotatable bonds is 6. The van der Waals surface area contributed by atoms with Crippen molar-refractivity contribution in [3.8, 4) is 0 Å². The smallest absolute Gasteiger partial charge is 0.247 e. The summed E-state index contributed by atoms with van der Waals surface area (Å²) in [4.78, 5) is 27.0. The van der Waals surface area contributed by atoms with E-state index in [1.807, 2.05) is 13.8 Å². The fourth-order valence-corrected chi connectivity index (χ4v) is 3.35. The molecule has 1 saturated heterocycles. The molecule has 0 unspecified atom stereocenters. The second-order valence-electron chi connectivity index (χ2n) is 7.86. The van der Waals surface area contributed by atoms with Gasteiger partial charge in [-0.1, -0.05) is 39.8 Å². The molecular weight excluding hydrogens is 331 g/mol. The minimum absolute atomic E-state index is 0.0302. The highest BCUT2D eigenvalue weighted by atomic mass is 19.1. The Morgan fingerprint density at radius 1 is 1.27 bits per heavy atom. The van der Waals surface area contributed by atoms with Gasteiger partial charge in [-0.15, -0.1) is 0 Å². The summed E-state index contributed by atoms with van der Waals surface area (Å²) in [6.45, 7) is 8.79. The normalized spacial score (nSPS) is 20.9. The van der Waals surface area contributed by atoms with Gasteiger partial charge >= 0.3 is 0 Å². The van der Waals surface area contributed by atoms with Gasteiger partial charge in [0.15, 0.2) is 0 Å². The Labute approximate surface area is 155 Å². The predicted molar refractivity (Wildman–Crippen MR) is 102 cm³/mol. The number of carbonyl (C=O) groups excluding carboxylic acids is 2.